The minimum atomic E-state index is 0.875. The number of anilines is 1. The molecule has 0 saturated carbocycles. The van der Waals surface area contributed by atoms with Crippen molar-refractivity contribution >= 4 is 17.0 Å². The topological polar surface area (TPSA) is 26.0 Å². The van der Waals surface area contributed by atoms with Gasteiger partial charge in [0, 0.05) is 16.3 Å². The summed E-state index contributed by atoms with van der Waals surface area (Å²) < 4.78 is 0. The van der Waals surface area contributed by atoms with Crippen molar-refractivity contribution in [1.29, 1.82) is 0 Å². The van der Waals surface area contributed by atoms with Crippen LogP contribution in [-0.2, 0) is 0 Å². The molecule has 0 aliphatic carbocycles. The van der Waals surface area contributed by atoms with Crippen molar-refractivity contribution in [2.75, 3.05) is 5.73 Å². The third kappa shape index (κ3) is 1.66. The molecule has 0 radical (unpaired) electrons. The Labute approximate surface area is 88.2 Å². The minimum absolute atomic E-state index is 0.875. The van der Waals surface area contributed by atoms with Gasteiger partial charge in [0.1, 0.15) is 0 Å². The van der Waals surface area contributed by atoms with Gasteiger partial charge in [-0.1, -0.05) is 29.3 Å². The second-order valence-electron chi connectivity index (χ2n) is 3.62. The molecule has 0 saturated heterocycles. The van der Waals surface area contributed by atoms with Crippen LogP contribution in [0.15, 0.2) is 29.0 Å². The van der Waals surface area contributed by atoms with Crippen molar-refractivity contribution < 1.29 is 0 Å². The molecule has 2 aromatic rings. The van der Waals surface area contributed by atoms with Crippen LogP contribution in [0.1, 0.15) is 11.1 Å². The molecule has 2 rings (SSSR count). The van der Waals surface area contributed by atoms with E-state index in [1.165, 1.54) is 16.7 Å². The predicted octanol–water partition coefficient (Wildman–Crippen LogP) is 3.61. The largest absolute Gasteiger partial charge is 0.398 e. The van der Waals surface area contributed by atoms with Gasteiger partial charge in [-0.2, -0.15) is 0 Å². The third-order valence-electron chi connectivity index (χ3n) is 2.22. The summed E-state index contributed by atoms with van der Waals surface area (Å²) in [6.45, 7) is 4.22. The first kappa shape index (κ1) is 9.28. The average Bonchev–Trinajstić information content (AvgIpc) is 2.49. The van der Waals surface area contributed by atoms with Gasteiger partial charge in [0.05, 0.1) is 5.69 Å². The standard InChI is InChI=1S/C12H13NS/c1-8-3-9(2)5-10(4-8)11-6-14-7-12(11)13/h3-7H,13H2,1-2H3. The van der Waals surface area contributed by atoms with Gasteiger partial charge < -0.3 is 5.73 Å². The third-order valence-corrected chi connectivity index (χ3v) is 2.99. The highest BCUT2D eigenvalue weighted by Gasteiger charge is 2.04. The molecule has 1 aromatic heterocycles. The van der Waals surface area contributed by atoms with E-state index in [-0.39, 0.29) is 0 Å². The summed E-state index contributed by atoms with van der Waals surface area (Å²) in [5, 5.41) is 4.08. The smallest absolute Gasteiger partial charge is 0.0502 e. The summed E-state index contributed by atoms with van der Waals surface area (Å²) in [6.07, 6.45) is 0. The molecule has 0 unspecified atom stereocenters. The SMILES string of the molecule is Cc1cc(C)cc(-c2cscc2N)c1. The summed E-state index contributed by atoms with van der Waals surface area (Å²) in [4.78, 5) is 0. The molecular weight excluding hydrogens is 190 g/mol. The Kier molecular flexibility index (Phi) is 2.30. The molecule has 0 aliphatic rings. The van der Waals surface area contributed by atoms with Gasteiger partial charge in [0.25, 0.3) is 0 Å². The molecule has 1 nitrogen and oxygen atoms in total. The highest BCUT2D eigenvalue weighted by Crippen LogP contribution is 2.30. The number of nitrogens with two attached hydrogens (primary N) is 1. The van der Waals surface area contributed by atoms with E-state index in [9.17, 15) is 0 Å². The summed E-state index contributed by atoms with van der Waals surface area (Å²) in [6, 6.07) is 6.52. The lowest BCUT2D eigenvalue weighted by Crippen LogP contribution is -1.86. The minimum Gasteiger partial charge on any atom is -0.398 e. The molecule has 0 atom stereocenters. The zero-order valence-electron chi connectivity index (χ0n) is 8.37. The van der Waals surface area contributed by atoms with Crippen molar-refractivity contribution in [2.24, 2.45) is 0 Å². The molecule has 1 aromatic carbocycles. The lowest BCUT2D eigenvalue weighted by molar-refractivity contribution is 1.39. The Morgan fingerprint density at radius 3 is 2.14 bits per heavy atom. The predicted molar refractivity (Wildman–Crippen MR) is 63.6 cm³/mol. The molecule has 0 fully saturated rings. The highest BCUT2D eigenvalue weighted by molar-refractivity contribution is 7.08. The highest BCUT2D eigenvalue weighted by atomic mass is 32.1. The molecular formula is C12H13NS. The first-order valence-electron chi connectivity index (χ1n) is 4.57. The fraction of sp³-hybridized carbons (Fsp3) is 0.167. The Bertz CT molecular complexity index is 437. The fourth-order valence-electron chi connectivity index (χ4n) is 1.67. The summed E-state index contributed by atoms with van der Waals surface area (Å²) >= 11 is 1.65. The summed E-state index contributed by atoms with van der Waals surface area (Å²) in [5.74, 6) is 0. The Hall–Kier alpha value is -1.28. The van der Waals surface area contributed by atoms with E-state index in [4.69, 9.17) is 5.73 Å². The van der Waals surface area contributed by atoms with E-state index in [0.717, 1.165) is 11.3 Å². The van der Waals surface area contributed by atoms with Crippen LogP contribution in [0.25, 0.3) is 11.1 Å². The van der Waals surface area contributed by atoms with E-state index >= 15 is 0 Å². The van der Waals surface area contributed by atoms with Crippen LogP contribution >= 0.6 is 11.3 Å². The van der Waals surface area contributed by atoms with Gasteiger partial charge in [-0.05, 0) is 19.4 Å². The first-order valence-corrected chi connectivity index (χ1v) is 5.51. The molecule has 0 bridgehead atoms. The molecule has 0 amide bonds. The quantitative estimate of drug-likeness (QED) is 0.752. The maximum atomic E-state index is 5.88. The van der Waals surface area contributed by atoms with E-state index < -0.39 is 0 Å². The number of hydrogen-bond donors (Lipinski definition) is 1. The van der Waals surface area contributed by atoms with Crippen LogP contribution in [0.4, 0.5) is 5.69 Å². The molecule has 0 spiro atoms. The summed E-state index contributed by atoms with van der Waals surface area (Å²) in [7, 11) is 0. The van der Waals surface area contributed by atoms with Crippen molar-refractivity contribution in [1.82, 2.24) is 0 Å². The number of aryl methyl sites for hydroxylation is 2. The van der Waals surface area contributed by atoms with Crippen LogP contribution in [0.3, 0.4) is 0 Å². The lowest BCUT2D eigenvalue weighted by atomic mass is 10.0. The van der Waals surface area contributed by atoms with Crippen LogP contribution < -0.4 is 5.73 Å². The molecule has 0 aliphatic heterocycles. The van der Waals surface area contributed by atoms with Gasteiger partial charge in [-0.3, -0.25) is 0 Å². The average molecular weight is 203 g/mol. The number of hydrogen-bond acceptors (Lipinski definition) is 2. The van der Waals surface area contributed by atoms with Crippen molar-refractivity contribution in [3.05, 3.63) is 40.1 Å². The fourth-order valence-corrected chi connectivity index (χ4v) is 2.42. The monoisotopic (exact) mass is 203 g/mol. The van der Waals surface area contributed by atoms with Crippen molar-refractivity contribution in [3.63, 3.8) is 0 Å². The Morgan fingerprint density at radius 2 is 1.64 bits per heavy atom. The van der Waals surface area contributed by atoms with Gasteiger partial charge >= 0.3 is 0 Å². The Morgan fingerprint density at radius 1 is 1.00 bits per heavy atom. The van der Waals surface area contributed by atoms with E-state index in [1.54, 1.807) is 11.3 Å². The van der Waals surface area contributed by atoms with E-state index in [2.05, 4.69) is 37.4 Å². The maximum Gasteiger partial charge on any atom is 0.0502 e. The number of benzene rings is 1. The molecule has 14 heavy (non-hydrogen) atoms. The van der Waals surface area contributed by atoms with Gasteiger partial charge in [0.2, 0.25) is 0 Å². The molecule has 2 heteroatoms. The number of nitrogen functional groups attached to an aromatic ring is 1. The van der Waals surface area contributed by atoms with Crippen molar-refractivity contribution in [3.8, 4) is 11.1 Å². The second-order valence-corrected chi connectivity index (χ2v) is 4.36. The number of thiophene rings is 1. The van der Waals surface area contributed by atoms with Gasteiger partial charge in [-0.25, -0.2) is 0 Å². The summed E-state index contributed by atoms with van der Waals surface area (Å²) in [5.41, 5.74) is 11.7. The van der Waals surface area contributed by atoms with Crippen LogP contribution in [0.5, 0.6) is 0 Å². The molecule has 72 valence electrons. The van der Waals surface area contributed by atoms with E-state index in [0.29, 0.717) is 0 Å². The van der Waals surface area contributed by atoms with Crippen LogP contribution in [0.2, 0.25) is 0 Å². The number of rotatable bonds is 1. The Balaban J connectivity index is 2.57. The molecule has 1 heterocycles. The van der Waals surface area contributed by atoms with Crippen molar-refractivity contribution in [2.45, 2.75) is 13.8 Å². The normalized spacial score (nSPS) is 10.4. The molecule has 2 N–H and O–H groups in total. The van der Waals surface area contributed by atoms with Gasteiger partial charge in [0.15, 0.2) is 0 Å². The first-order chi connectivity index (χ1) is 6.66. The van der Waals surface area contributed by atoms with Crippen LogP contribution in [-0.4, -0.2) is 0 Å². The lowest BCUT2D eigenvalue weighted by Gasteiger charge is -2.04. The maximum absolute atomic E-state index is 5.88. The van der Waals surface area contributed by atoms with Crippen LogP contribution in [0, 0.1) is 13.8 Å². The second kappa shape index (κ2) is 3.46. The zero-order valence-corrected chi connectivity index (χ0v) is 9.19. The van der Waals surface area contributed by atoms with E-state index in [1.807, 2.05) is 5.38 Å². The zero-order chi connectivity index (χ0) is 10.1. The van der Waals surface area contributed by atoms with Gasteiger partial charge in [-0.15, -0.1) is 11.3 Å².